The van der Waals surface area contributed by atoms with Gasteiger partial charge in [-0.3, -0.25) is 4.31 Å². The molecular formula is C22H19F3NO3PS. The minimum absolute atomic E-state index is 0.00339. The van der Waals surface area contributed by atoms with Crippen LogP contribution in [0.2, 0.25) is 0 Å². The Morgan fingerprint density at radius 3 is 2.55 bits per heavy atom. The number of nitrogens with zero attached hydrogens (tertiary/aromatic N) is 1. The van der Waals surface area contributed by atoms with Crippen LogP contribution in [0.1, 0.15) is 11.1 Å². The van der Waals surface area contributed by atoms with Gasteiger partial charge in [-0.2, -0.15) is 13.2 Å². The van der Waals surface area contributed by atoms with Crippen LogP contribution in [0.5, 0.6) is 5.75 Å². The third-order valence-electron chi connectivity index (χ3n) is 5.05. The third-order valence-corrected chi connectivity index (χ3v) is 7.36. The largest absolute Gasteiger partial charge is 0.489 e. The first-order valence-corrected chi connectivity index (χ1v) is 11.4. The van der Waals surface area contributed by atoms with Gasteiger partial charge in [0.25, 0.3) is 10.0 Å². The molecule has 1 heterocycles. The van der Waals surface area contributed by atoms with Crippen molar-refractivity contribution in [2.24, 2.45) is 0 Å². The van der Waals surface area contributed by atoms with Gasteiger partial charge in [0.1, 0.15) is 12.4 Å². The fourth-order valence-corrected chi connectivity index (χ4v) is 5.33. The number of halogens is 3. The fraction of sp³-hybridized carbons (Fsp3) is 0.182. The number of sulfonamides is 1. The molecule has 0 spiro atoms. The summed E-state index contributed by atoms with van der Waals surface area (Å²) in [6.07, 6.45) is -4.64. The molecule has 0 fully saturated rings. The molecule has 162 valence electrons. The van der Waals surface area contributed by atoms with Crippen molar-refractivity contribution in [1.29, 1.82) is 0 Å². The lowest BCUT2D eigenvalue weighted by molar-refractivity contribution is -0.137. The predicted octanol–water partition coefficient (Wildman–Crippen LogP) is 4.77. The van der Waals surface area contributed by atoms with E-state index in [4.69, 9.17) is 4.74 Å². The number of ether oxygens (including phenoxy) is 1. The smallest absolute Gasteiger partial charge is 0.416 e. The van der Waals surface area contributed by atoms with Crippen molar-refractivity contribution in [3.05, 3.63) is 71.8 Å². The normalized spacial score (nSPS) is 14.2. The summed E-state index contributed by atoms with van der Waals surface area (Å²) >= 11 is 0. The first kappa shape index (κ1) is 21.7. The topological polar surface area (TPSA) is 46.6 Å². The van der Waals surface area contributed by atoms with E-state index >= 15 is 0 Å². The number of anilines is 1. The lowest BCUT2D eigenvalue weighted by atomic mass is 10.0. The number of hydrogen-bond acceptors (Lipinski definition) is 3. The molecule has 0 aliphatic carbocycles. The van der Waals surface area contributed by atoms with Gasteiger partial charge in [-0.05, 0) is 53.7 Å². The summed E-state index contributed by atoms with van der Waals surface area (Å²) in [5.74, 6) is 0.364. The second-order valence-corrected chi connectivity index (χ2v) is 9.71. The van der Waals surface area contributed by atoms with Gasteiger partial charge in [0, 0.05) is 0 Å². The van der Waals surface area contributed by atoms with Crippen LogP contribution in [0.15, 0.2) is 65.6 Å². The predicted molar refractivity (Wildman–Crippen MR) is 117 cm³/mol. The summed E-state index contributed by atoms with van der Waals surface area (Å²) in [7, 11) is -1.58. The molecular weight excluding hydrogens is 446 g/mol. The Kier molecular flexibility index (Phi) is 5.48. The van der Waals surface area contributed by atoms with Gasteiger partial charge < -0.3 is 4.74 Å². The number of rotatable bonds is 3. The highest BCUT2D eigenvalue weighted by Gasteiger charge is 2.34. The number of aryl methyl sites for hydroxylation is 1. The molecule has 4 rings (SSSR count). The molecule has 4 nitrogen and oxygen atoms in total. The highest BCUT2D eigenvalue weighted by molar-refractivity contribution is 7.92. The molecule has 0 radical (unpaired) electrons. The standard InChI is InChI=1S/C22H19F3NO3PS/c1-14-5-8-21(30)18(11-14)15-6-7-20-19(12-15)26(9-10-29-20)31(27,28)17-4-2-3-16(13-17)22(23,24)25/h2-8,11-13H,9-10,30H2,1H3. The monoisotopic (exact) mass is 465 g/mol. The van der Waals surface area contributed by atoms with E-state index in [1.54, 1.807) is 12.1 Å². The molecule has 1 unspecified atom stereocenters. The Hall–Kier alpha value is -2.57. The van der Waals surface area contributed by atoms with Gasteiger partial charge in [0.15, 0.2) is 0 Å². The fourth-order valence-electron chi connectivity index (χ4n) is 3.49. The van der Waals surface area contributed by atoms with Crippen molar-refractivity contribution in [3.63, 3.8) is 0 Å². The second-order valence-electron chi connectivity index (χ2n) is 7.22. The van der Waals surface area contributed by atoms with Gasteiger partial charge in [0.05, 0.1) is 22.7 Å². The molecule has 0 amide bonds. The molecule has 0 saturated carbocycles. The zero-order chi connectivity index (χ0) is 22.4. The van der Waals surface area contributed by atoms with E-state index in [0.29, 0.717) is 17.5 Å². The van der Waals surface area contributed by atoms with Crippen LogP contribution in [0.25, 0.3) is 11.1 Å². The molecule has 3 aromatic carbocycles. The summed E-state index contributed by atoms with van der Waals surface area (Å²) < 4.78 is 72.7. The molecule has 1 aliphatic heterocycles. The van der Waals surface area contributed by atoms with Crippen molar-refractivity contribution in [2.75, 3.05) is 17.5 Å². The van der Waals surface area contributed by atoms with Gasteiger partial charge >= 0.3 is 6.18 Å². The molecule has 9 heteroatoms. The summed E-state index contributed by atoms with van der Waals surface area (Å²) in [6, 6.07) is 14.9. The van der Waals surface area contributed by atoms with Crippen LogP contribution in [-0.4, -0.2) is 21.6 Å². The van der Waals surface area contributed by atoms with Crippen molar-refractivity contribution >= 4 is 30.3 Å². The zero-order valence-electron chi connectivity index (χ0n) is 16.5. The molecule has 0 bridgehead atoms. The Labute approximate surface area is 180 Å². The molecule has 0 saturated heterocycles. The van der Waals surface area contributed by atoms with Gasteiger partial charge in [-0.1, -0.05) is 35.9 Å². The first-order chi connectivity index (χ1) is 14.6. The van der Waals surface area contributed by atoms with E-state index in [2.05, 4.69) is 9.24 Å². The number of alkyl halides is 3. The van der Waals surface area contributed by atoms with Crippen LogP contribution in [-0.2, 0) is 16.2 Å². The lowest BCUT2D eigenvalue weighted by Gasteiger charge is -2.31. The SMILES string of the molecule is Cc1ccc(P)c(-c2ccc3c(c2)N(S(=O)(=O)c2cccc(C(F)(F)F)c2)CCO3)c1. The first-order valence-electron chi connectivity index (χ1n) is 9.41. The van der Waals surface area contributed by atoms with Gasteiger partial charge in [-0.25, -0.2) is 8.42 Å². The minimum atomic E-state index is -4.64. The Morgan fingerprint density at radius 2 is 1.81 bits per heavy atom. The molecule has 1 atom stereocenters. The average molecular weight is 465 g/mol. The van der Waals surface area contributed by atoms with Crippen molar-refractivity contribution in [2.45, 2.75) is 18.0 Å². The number of fused-ring (bicyclic) bond motifs is 1. The number of hydrogen-bond donors (Lipinski definition) is 0. The lowest BCUT2D eigenvalue weighted by Crippen LogP contribution is -2.38. The Morgan fingerprint density at radius 1 is 1.03 bits per heavy atom. The van der Waals surface area contributed by atoms with Crippen LogP contribution in [0.3, 0.4) is 0 Å². The van der Waals surface area contributed by atoms with Crippen LogP contribution in [0.4, 0.5) is 18.9 Å². The zero-order valence-corrected chi connectivity index (χ0v) is 18.5. The van der Waals surface area contributed by atoms with Crippen LogP contribution < -0.4 is 14.3 Å². The van der Waals surface area contributed by atoms with E-state index in [9.17, 15) is 21.6 Å². The summed E-state index contributed by atoms with van der Waals surface area (Å²) in [6.45, 7) is 2.06. The number of benzene rings is 3. The summed E-state index contributed by atoms with van der Waals surface area (Å²) in [5, 5.41) is 0.939. The van der Waals surface area contributed by atoms with E-state index in [-0.39, 0.29) is 13.2 Å². The average Bonchev–Trinajstić information content (AvgIpc) is 2.74. The molecule has 1 aliphatic rings. The van der Waals surface area contributed by atoms with Crippen LogP contribution >= 0.6 is 9.24 Å². The third kappa shape index (κ3) is 4.14. The molecule has 0 N–H and O–H groups in total. The summed E-state index contributed by atoms with van der Waals surface area (Å²) in [5.41, 5.74) is 2.02. The molecule has 3 aromatic rings. The minimum Gasteiger partial charge on any atom is -0.489 e. The maximum atomic E-state index is 13.3. The van der Waals surface area contributed by atoms with Crippen LogP contribution in [0, 0.1) is 6.92 Å². The van der Waals surface area contributed by atoms with E-state index in [0.717, 1.165) is 38.4 Å². The molecule has 0 aromatic heterocycles. The van der Waals surface area contributed by atoms with Crippen molar-refractivity contribution in [3.8, 4) is 16.9 Å². The van der Waals surface area contributed by atoms with Gasteiger partial charge in [-0.15, -0.1) is 9.24 Å². The van der Waals surface area contributed by atoms with E-state index in [1.807, 2.05) is 31.2 Å². The van der Waals surface area contributed by atoms with E-state index in [1.165, 1.54) is 6.07 Å². The molecule has 31 heavy (non-hydrogen) atoms. The highest BCUT2D eigenvalue weighted by atomic mass is 32.2. The second kappa shape index (κ2) is 7.84. The van der Waals surface area contributed by atoms with E-state index < -0.39 is 26.7 Å². The quantitative estimate of drug-likeness (QED) is 0.524. The summed E-state index contributed by atoms with van der Waals surface area (Å²) in [4.78, 5) is -0.414. The van der Waals surface area contributed by atoms with Gasteiger partial charge in [0.2, 0.25) is 0 Å². The van der Waals surface area contributed by atoms with Crippen molar-refractivity contribution in [1.82, 2.24) is 0 Å². The maximum absolute atomic E-state index is 13.3. The highest BCUT2D eigenvalue weighted by Crippen LogP contribution is 2.39. The maximum Gasteiger partial charge on any atom is 0.416 e. The Balaban J connectivity index is 1.82. The van der Waals surface area contributed by atoms with Crippen molar-refractivity contribution < 1.29 is 26.3 Å². The Bertz CT molecular complexity index is 1260.